The highest BCUT2D eigenvalue weighted by Crippen LogP contribution is 2.29. The van der Waals surface area contributed by atoms with Gasteiger partial charge in [0.1, 0.15) is 6.54 Å². The van der Waals surface area contributed by atoms with Crippen LogP contribution in [-0.2, 0) is 17.8 Å². The number of alkyl halides is 2. The summed E-state index contributed by atoms with van der Waals surface area (Å²) in [6.07, 6.45) is 0.487. The first-order valence-corrected chi connectivity index (χ1v) is 8.91. The Kier molecular flexibility index (Phi) is 6.13. The molecule has 0 fully saturated rings. The van der Waals surface area contributed by atoms with Gasteiger partial charge in [-0.25, -0.2) is 0 Å². The average molecular weight is 388 g/mol. The van der Waals surface area contributed by atoms with E-state index in [0.717, 1.165) is 22.2 Å². The number of carbonyl (C=O) groups is 1. The number of rotatable bonds is 8. The van der Waals surface area contributed by atoms with Gasteiger partial charge in [-0.1, -0.05) is 24.3 Å². The van der Waals surface area contributed by atoms with E-state index in [2.05, 4.69) is 10.1 Å². The average Bonchev–Trinajstić information content (AvgIpc) is 2.97. The Labute approximate surface area is 161 Å². The molecule has 3 aromatic rings. The van der Waals surface area contributed by atoms with Crippen LogP contribution in [-0.4, -0.2) is 30.7 Å². The molecule has 0 saturated heterocycles. The number of benzene rings is 2. The second kappa shape index (κ2) is 8.73. The minimum absolute atomic E-state index is 0.0178. The van der Waals surface area contributed by atoms with E-state index < -0.39 is 6.61 Å². The van der Waals surface area contributed by atoms with Crippen LogP contribution in [0, 0.1) is 6.92 Å². The van der Waals surface area contributed by atoms with Crippen LogP contribution >= 0.6 is 0 Å². The van der Waals surface area contributed by atoms with E-state index in [0.29, 0.717) is 13.0 Å². The number of aromatic nitrogens is 1. The molecule has 1 amide bonds. The zero-order valence-corrected chi connectivity index (χ0v) is 15.7. The first-order valence-electron chi connectivity index (χ1n) is 8.91. The Hall–Kier alpha value is -3.09. The highest BCUT2D eigenvalue weighted by molar-refractivity contribution is 5.84. The highest BCUT2D eigenvalue weighted by atomic mass is 19.3. The summed E-state index contributed by atoms with van der Waals surface area (Å²) in [7, 11) is 1.39. The summed E-state index contributed by atoms with van der Waals surface area (Å²) in [6, 6.07) is 14.8. The van der Waals surface area contributed by atoms with Crippen LogP contribution in [0.5, 0.6) is 11.5 Å². The molecule has 0 aliphatic carbocycles. The maximum absolute atomic E-state index is 12.5. The number of ether oxygens (including phenoxy) is 2. The zero-order chi connectivity index (χ0) is 20.1. The standard InChI is InChI=1S/C21H22F2N2O3/c1-14-11-16-5-3-4-6-17(16)25(14)13-20(26)24-10-9-15-7-8-18(27-2)19(12-15)28-21(22)23/h3-8,11-12,21H,9-10,13H2,1-2H3,(H,24,26). The van der Waals surface area contributed by atoms with Crippen LogP contribution in [0.4, 0.5) is 8.78 Å². The van der Waals surface area contributed by atoms with Crippen molar-refractivity contribution in [1.82, 2.24) is 9.88 Å². The lowest BCUT2D eigenvalue weighted by molar-refractivity contribution is -0.121. The van der Waals surface area contributed by atoms with Gasteiger partial charge >= 0.3 is 6.61 Å². The van der Waals surface area contributed by atoms with Crippen LogP contribution < -0.4 is 14.8 Å². The third kappa shape index (κ3) is 4.60. The summed E-state index contributed by atoms with van der Waals surface area (Å²) in [5.41, 5.74) is 2.79. The second-order valence-electron chi connectivity index (χ2n) is 6.39. The number of carbonyl (C=O) groups excluding carboxylic acids is 1. The number of hydrogen-bond acceptors (Lipinski definition) is 3. The Morgan fingerprint density at radius 3 is 2.68 bits per heavy atom. The third-order valence-corrected chi connectivity index (χ3v) is 4.50. The number of aryl methyl sites for hydroxylation is 1. The first kappa shape index (κ1) is 19.7. The van der Waals surface area contributed by atoms with Crippen molar-refractivity contribution in [2.75, 3.05) is 13.7 Å². The van der Waals surface area contributed by atoms with E-state index in [9.17, 15) is 13.6 Å². The van der Waals surface area contributed by atoms with Gasteiger partial charge in [0.15, 0.2) is 11.5 Å². The van der Waals surface area contributed by atoms with Crippen molar-refractivity contribution in [2.24, 2.45) is 0 Å². The van der Waals surface area contributed by atoms with Crippen molar-refractivity contribution in [3.05, 3.63) is 59.8 Å². The molecule has 0 unspecified atom stereocenters. The number of amides is 1. The topological polar surface area (TPSA) is 52.5 Å². The van der Waals surface area contributed by atoms with Crippen LogP contribution in [0.15, 0.2) is 48.5 Å². The fraction of sp³-hybridized carbons (Fsp3) is 0.286. The summed E-state index contributed by atoms with van der Waals surface area (Å²) in [4.78, 5) is 12.3. The van der Waals surface area contributed by atoms with Crippen LogP contribution in [0.25, 0.3) is 10.9 Å². The van der Waals surface area contributed by atoms with E-state index in [1.165, 1.54) is 13.2 Å². The first-order chi connectivity index (χ1) is 13.5. The van der Waals surface area contributed by atoms with E-state index in [4.69, 9.17) is 4.74 Å². The SMILES string of the molecule is COc1ccc(CCNC(=O)Cn2c(C)cc3ccccc32)cc1OC(F)F. The van der Waals surface area contributed by atoms with Crippen molar-refractivity contribution in [2.45, 2.75) is 26.5 Å². The van der Waals surface area contributed by atoms with E-state index in [-0.39, 0.29) is 24.0 Å². The van der Waals surface area contributed by atoms with Crippen molar-refractivity contribution < 1.29 is 23.0 Å². The van der Waals surface area contributed by atoms with E-state index in [1.807, 2.05) is 41.8 Å². The monoisotopic (exact) mass is 388 g/mol. The number of methoxy groups -OCH3 is 1. The Morgan fingerprint density at radius 1 is 1.14 bits per heavy atom. The number of hydrogen-bond donors (Lipinski definition) is 1. The summed E-state index contributed by atoms with van der Waals surface area (Å²) >= 11 is 0. The van der Waals surface area contributed by atoms with Crippen molar-refractivity contribution >= 4 is 16.8 Å². The fourth-order valence-electron chi connectivity index (χ4n) is 3.17. The minimum atomic E-state index is -2.93. The van der Waals surface area contributed by atoms with Gasteiger partial charge in [0, 0.05) is 17.8 Å². The van der Waals surface area contributed by atoms with E-state index >= 15 is 0 Å². The minimum Gasteiger partial charge on any atom is -0.493 e. The quantitative estimate of drug-likeness (QED) is 0.636. The van der Waals surface area contributed by atoms with Gasteiger partial charge in [0.05, 0.1) is 7.11 Å². The summed E-state index contributed by atoms with van der Waals surface area (Å²) in [5.74, 6) is 0.112. The Bertz CT molecular complexity index is 969. The van der Waals surface area contributed by atoms with Crippen LogP contribution in [0.2, 0.25) is 0 Å². The predicted molar refractivity (Wildman–Crippen MR) is 103 cm³/mol. The molecule has 1 heterocycles. The van der Waals surface area contributed by atoms with Gasteiger partial charge in [-0.05, 0) is 48.6 Å². The van der Waals surface area contributed by atoms with Crippen LogP contribution in [0.3, 0.4) is 0 Å². The smallest absolute Gasteiger partial charge is 0.387 e. The molecule has 0 aliphatic rings. The summed E-state index contributed by atoms with van der Waals surface area (Å²) in [6.45, 7) is -0.350. The lowest BCUT2D eigenvalue weighted by atomic mass is 10.1. The highest BCUT2D eigenvalue weighted by Gasteiger charge is 2.12. The molecule has 0 radical (unpaired) electrons. The number of para-hydroxylation sites is 1. The maximum Gasteiger partial charge on any atom is 0.387 e. The van der Waals surface area contributed by atoms with Gasteiger partial charge in [-0.15, -0.1) is 0 Å². The second-order valence-corrected chi connectivity index (χ2v) is 6.39. The molecular weight excluding hydrogens is 366 g/mol. The third-order valence-electron chi connectivity index (χ3n) is 4.50. The molecule has 148 valence electrons. The fourth-order valence-corrected chi connectivity index (χ4v) is 3.17. The zero-order valence-electron chi connectivity index (χ0n) is 15.7. The molecule has 0 atom stereocenters. The molecule has 0 saturated carbocycles. The lowest BCUT2D eigenvalue weighted by Crippen LogP contribution is -2.29. The molecule has 28 heavy (non-hydrogen) atoms. The summed E-state index contributed by atoms with van der Waals surface area (Å²) in [5, 5.41) is 3.97. The molecular formula is C21H22F2N2O3. The van der Waals surface area contributed by atoms with Crippen molar-refractivity contribution in [3.63, 3.8) is 0 Å². The van der Waals surface area contributed by atoms with Crippen molar-refractivity contribution in [3.8, 4) is 11.5 Å². The largest absolute Gasteiger partial charge is 0.493 e. The van der Waals surface area contributed by atoms with Gasteiger partial charge in [-0.2, -0.15) is 8.78 Å². The van der Waals surface area contributed by atoms with Gasteiger partial charge < -0.3 is 19.4 Å². The Balaban J connectivity index is 1.59. The Morgan fingerprint density at radius 2 is 1.93 bits per heavy atom. The molecule has 2 aromatic carbocycles. The molecule has 1 N–H and O–H groups in total. The lowest BCUT2D eigenvalue weighted by Gasteiger charge is -2.12. The predicted octanol–water partition coefficient (Wildman–Crippen LogP) is 3.92. The van der Waals surface area contributed by atoms with Crippen molar-refractivity contribution in [1.29, 1.82) is 0 Å². The van der Waals surface area contributed by atoms with E-state index in [1.54, 1.807) is 12.1 Å². The molecule has 1 aromatic heterocycles. The van der Waals surface area contributed by atoms with Gasteiger partial charge in [0.25, 0.3) is 0 Å². The number of nitrogens with zero attached hydrogens (tertiary/aromatic N) is 1. The number of halogens is 2. The molecule has 0 bridgehead atoms. The van der Waals surface area contributed by atoms with Gasteiger partial charge in [-0.3, -0.25) is 4.79 Å². The number of fused-ring (bicyclic) bond motifs is 1. The normalized spacial score (nSPS) is 11.0. The molecule has 0 aliphatic heterocycles. The molecule has 5 nitrogen and oxygen atoms in total. The van der Waals surface area contributed by atoms with Crippen LogP contribution in [0.1, 0.15) is 11.3 Å². The van der Waals surface area contributed by atoms with Gasteiger partial charge in [0.2, 0.25) is 5.91 Å². The number of nitrogens with one attached hydrogen (secondary N) is 1. The molecule has 3 rings (SSSR count). The maximum atomic E-state index is 12.5. The summed E-state index contributed by atoms with van der Waals surface area (Å²) < 4.78 is 36.5. The molecule has 0 spiro atoms. The molecule has 7 heteroatoms.